The van der Waals surface area contributed by atoms with Crippen molar-refractivity contribution in [2.75, 3.05) is 0 Å². The van der Waals surface area contributed by atoms with Crippen LogP contribution in [0.3, 0.4) is 0 Å². The Morgan fingerprint density at radius 2 is 1.33 bits per heavy atom. The second-order valence-corrected chi connectivity index (χ2v) is 7.56. The highest BCUT2D eigenvalue weighted by atomic mass is 79.9. The average Bonchev–Trinajstić information content (AvgIpc) is 2.33. The van der Waals surface area contributed by atoms with E-state index < -0.39 is 0 Å². The van der Waals surface area contributed by atoms with E-state index in [9.17, 15) is 0 Å². The molecule has 2 rings (SSSR count). The van der Waals surface area contributed by atoms with Gasteiger partial charge in [-0.25, -0.2) is 0 Å². The Morgan fingerprint density at radius 3 is 2.00 bits per heavy atom. The standard InChI is InChI=1S/C12H5Br5O/c13-6-1-3-9(8(15)5-6)18-10-4-2-7(14)11(16)12(10)17/h1-5H. The third-order valence-corrected chi connectivity index (χ3v) is 6.56. The van der Waals surface area contributed by atoms with Crippen LogP contribution in [-0.2, 0) is 0 Å². The van der Waals surface area contributed by atoms with Crippen LogP contribution in [0.1, 0.15) is 0 Å². The van der Waals surface area contributed by atoms with Crippen LogP contribution in [-0.4, -0.2) is 0 Å². The Hall–Kier alpha value is 0.640. The van der Waals surface area contributed by atoms with Gasteiger partial charge in [0.2, 0.25) is 0 Å². The van der Waals surface area contributed by atoms with Gasteiger partial charge in [0.25, 0.3) is 0 Å². The van der Waals surface area contributed by atoms with Gasteiger partial charge in [0.1, 0.15) is 11.5 Å². The topological polar surface area (TPSA) is 9.23 Å². The first-order chi connectivity index (χ1) is 8.49. The van der Waals surface area contributed by atoms with Gasteiger partial charge in [0.05, 0.1) is 8.95 Å². The summed E-state index contributed by atoms with van der Waals surface area (Å²) in [5.41, 5.74) is 0. The van der Waals surface area contributed by atoms with Crippen molar-refractivity contribution in [3.8, 4) is 11.5 Å². The number of halogens is 5. The van der Waals surface area contributed by atoms with E-state index in [-0.39, 0.29) is 0 Å². The monoisotopic (exact) mass is 560 g/mol. The van der Waals surface area contributed by atoms with Crippen LogP contribution >= 0.6 is 79.6 Å². The third-order valence-electron chi connectivity index (χ3n) is 2.11. The summed E-state index contributed by atoms with van der Waals surface area (Å²) >= 11 is 17.3. The second kappa shape index (κ2) is 6.39. The van der Waals surface area contributed by atoms with Crippen LogP contribution in [0, 0.1) is 0 Å². The van der Waals surface area contributed by atoms with Gasteiger partial charge < -0.3 is 4.74 Å². The Bertz CT molecular complexity index is 597. The van der Waals surface area contributed by atoms with Crippen molar-refractivity contribution in [3.05, 3.63) is 52.7 Å². The maximum Gasteiger partial charge on any atom is 0.142 e. The molecule has 0 spiro atoms. The lowest BCUT2D eigenvalue weighted by Gasteiger charge is -2.11. The lowest BCUT2D eigenvalue weighted by atomic mass is 10.3. The Balaban J connectivity index is 2.37. The number of rotatable bonds is 2. The van der Waals surface area contributed by atoms with Crippen molar-refractivity contribution < 1.29 is 4.74 Å². The van der Waals surface area contributed by atoms with Crippen molar-refractivity contribution in [2.45, 2.75) is 0 Å². The van der Waals surface area contributed by atoms with Crippen LogP contribution in [0.15, 0.2) is 52.7 Å². The lowest BCUT2D eigenvalue weighted by molar-refractivity contribution is 0.476. The van der Waals surface area contributed by atoms with Gasteiger partial charge in [-0.1, -0.05) is 15.9 Å². The highest BCUT2D eigenvalue weighted by Gasteiger charge is 2.11. The Morgan fingerprint density at radius 1 is 0.667 bits per heavy atom. The van der Waals surface area contributed by atoms with Gasteiger partial charge in [0, 0.05) is 13.4 Å². The summed E-state index contributed by atoms with van der Waals surface area (Å²) in [6.45, 7) is 0. The van der Waals surface area contributed by atoms with Crippen LogP contribution in [0.25, 0.3) is 0 Å². The molecule has 0 unspecified atom stereocenters. The van der Waals surface area contributed by atoms with Gasteiger partial charge in [-0.05, 0) is 94.1 Å². The summed E-state index contributed by atoms with van der Waals surface area (Å²) in [5.74, 6) is 1.50. The number of hydrogen-bond donors (Lipinski definition) is 0. The van der Waals surface area contributed by atoms with Crippen molar-refractivity contribution in [2.24, 2.45) is 0 Å². The maximum absolute atomic E-state index is 5.87. The Kier molecular flexibility index (Phi) is 5.34. The minimum Gasteiger partial charge on any atom is -0.455 e. The first-order valence-corrected chi connectivity index (χ1v) is 8.72. The molecule has 0 N–H and O–H groups in total. The first kappa shape index (κ1) is 15.0. The maximum atomic E-state index is 5.87. The molecule has 0 radical (unpaired) electrons. The molecule has 0 heterocycles. The molecule has 0 aromatic heterocycles. The Labute approximate surface area is 147 Å². The predicted molar refractivity (Wildman–Crippen MR) is 91.5 cm³/mol. The van der Waals surface area contributed by atoms with Crippen LogP contribution in [0.5, 0.6) is 11.5 Å². The van der Waals surface area contributed by atoms with Crippen molar-refractivity contribution in [1.29, 1.82) is 0 Å². The minimum atomic E-state index is 0.744. The summed E-state index contributed by atoms with van der Waals surface area (Å²) in [4.78, 5) is 0. The van der Waals surface area contributed by atoms with Gasteiger partial charge >= 0.3 is 0 Å². The zero-order valence-corrected chi connectivity index (χ0v) is 16.6. The molecule has 0 fully saturated rings. The molecule has 2 aromatic rings. The minimum absolute atomic E-state index is 0.744. The average molecular weight is 565 g/mol. The number of ether oxygens (including phenoxy) is 1. The van der Waals surface area contributed by atoms with Gasteiger partial charge in [-0.2, -0.15) is 0 Å². The van der Waals surface area contributed by atoms with E-state index >= 15 is 0 Å². The van der Waals surface area contributed by atoms with Gasteiger partial charge in [0.15, 0.2) is 0 Å². The quantitative estimate of drug-likeness (QED) is 0.348. The molecule has 0 aliphatic heterocycles. The molecule has 1 nitrogen and oxygen atoms in total. The fourth-order valence-corrected chi connectivity index (χ4v) is 3.74. The molecule has 2 aromatic carbocycles. The van der Waals surface area contributed by atoms with Crippen LogP contribution < -0.4 is 4.74 Å². The summed E-state index contributed by atoms with van der Waals surface area (Å²) in [6, 6.07) is 9.60. The van der Waals surface area contributed by atoms with E-state index in [1.165, 1.54) is 0 Å². The molecule has 0 saturated carbocycles. The molecule has 94 valence electrons. The molecule has 6 heteroatoms. The van der Waals surface area contributed by atoms with E-state index in [0.717, 1.165) is 33.9 Å². The normalized spacial score (nSPS) is 10.5. The lowest BCUT2D eigenvalue weighted by Crippen LogP contribution is -1.88. The van der Waals surface area contributed by atoms with E-state index in [1.807, 2.05) is 30.3 Å². The van der Waals surface area contributed by atoms with E-state index in [0.29, 0.717) is 0 Å². The zero-order chi connectivity index (χ0) is 13.3. The fourth-order valence-electron chi connectivity index (χ4n) is 1.26. The molecular formula is C12H5Br5O. The highest BCUT2D eigenvalue weighted by molar-refractivity contribution is 9.14. The van der Waals surface area contributed by atoms with E-state index in [1.54, 1.807) is 0 Å². The smallest absolute Gasteiger partial charge is 0.142 e. The number of hydrogen-bond acceptors (Lipinski definition) is 1. The second-order valence-electron chi connectivity index (χ2n) is 3.35. The van der Waals surface area contributed by atoms with Crippen molar-refractivity contribution in [1.82, 2.24) is 0 Å². The molecule has 0 saturated heterocycles. The molecular weight excluding hydrogens is 560 g/mol. The summed E-state index contributed by atoms with van der Waals surface area (Å²) in [7, 11) is 0. The van der Waals surface area contributed by atoms with Gasteiger partial charge in [-0.15, -0.1) is 0 Å². The predicted octanol–water partition coefficient (Wildman–Crippen LogP) is 7.29. The fraction of sp³-hybridized carbons (Fsp3) is 0. The zero-order valence-electron chi connectivity index (χ0n) is 8.68. The molecule has 0 atom stereocenters. The number of benzene rings is 2. The molecule has 18 heavy (non-hydrogen) atoms. The summed E-state index contributed by atoms with van der Waals surface area (Å²) in [5, 5.41) is 0. The first-order valence-electron chi connectivity index (χ1n) is 4.75. The van der Waals surface area contributed by atoms with Crippen molar-refractivity contribution >= 4 is 79.6 Å². The summed E-state index contributed by atoms with van der Waals surface area (Å²) < 4.78 is 10.5. The van der Waals surface area contributed by atoms with Crippen LogP contribution in [0.2, 0.25) is 0 Å². The third kappa shape index (κ3) is 3.39. The van der Waals surface area contributed by atoms with Gasteiger partial charge in [-0.3, -0.25) is 0 Å². The molecule has 0 amide bonds. The molecule has 0 aliphatic rings. The molecule has 0 bridgehead atoms. The van der Waals surface area contributed by atoms with E-state index in [2.05, 4.69) is 79.6 Å². The largest absolute Gasteiger partial charge is 0.455 e. The van der Waals surface area contributed by atoms with Crippen molar-refractivity contribution in [3.63, 3.8) is 0 Å². The highest BCUT2D eigenvalue weighted by Crippen LogP contribution is 2.41. The molecule has 0 aliphatic carbocycles. The summed E-state index contributed by atoms with van der Waals surface area (Å²) in [6.07, 6.45) is 0. The van der Waals surface area contributed by atoms with E-state index in [4.69, 9.17) is 4.74 Å². The van der Waals surface area contributed by atoms with Crippen LogP contribution in [0.4, 0.5) is 0 Å². The SMILES string of the molecule is Brc1ccc(Oc2ccc(Br)c(Br)c2Br)c(Br)c1.